The molecule has 5 heterocycles. The number of nitriles is 3. The lowest BCUT2D eigenvalue weighted by Gasteiger charge is -2.20. The molecule has 0 N–H and O–H groups in total. The predicted octanol–water partition coefficient (Wildman–Crippen LogP) is 11.7. The Morgan fingerprint density at radius 1 is 0.804 bits per heavy atom. The molecule has 0 atom stereocenters. The van der Waals surface area contributed by atoms with Gasteiger partial charge in [0.05, 0.1) is 31.5 Å². The summed E-state index contributed by atoms with van der Waals surface area (Å²) in [5.41, 5.74) is 7.58. The van der Waals surface area contributed by atoms with Gasteiger partial charge in [-0.05, 0) is 62.6 Å². The SMILES string of the molecule is CCCCCCn1c2cc(-c3ccc(N(C)C)cc3)sc2c2c1c1sc(/C=C/C3=C(C#N)C(=C(C#N)C#N)OC3(C)C)cc1n2CCCCCC. The van der Waals surface area contributed by atoms with Crippen LogP contribution in [-0.2, 0) is 17.8 Å². The first-order valence-corrected chi connectivity index (χ1v) is 19.7. The van der Waals surface area contributed by atoms with E-state index in [2.05, 4.69) is 90.5 Å². The van der Waals surface area contributed by atoms with E-state index >= 15 is 0 Å². The Bertz CT molecular complexity index is 2280. The lowest BCUT2D eigenvalue weighted by atomic mass is 9.94. The fourth-order valence-corrected chi connectivity index (χ4v) is 9.47. The first kappa shape index (κ1) is 36.1. The molecule has 262 valence electrons. The second kappa shape index (κ2) is 15.2. The van der Waals surface area contributed by atoms with E-state index in [4.69, 9.17) is 4.74 Å². The molecule has 1 aromatic carbocycles. The zero-order valence-electron chi connectivity index (χ0n) is 30.6. The van der Waals surface area contributed by atoms with Gasteiger partial charge < -0.3 is 18.8 Å². The number of nitrogens with zero attached hydrogens (tertiary/aromatic N) is 6. The van der Waals surface area contributed by atoms with E-state index < -0.39 is 5.60 Å². The Labute approximate surface area is 309 Å². The third-order valence-corrected chi connectivity index (χ3v) is 12.1. The van der Waals surface area contributed by atoms with E-state index in [0.29, 0.717) is 5.57 Å². The van der Waals surface area contributed by atoms with Crippen LogP contribution in [0.5, 0.6) is 0 Å². The van der Waals surface area contributed by atoms with Crippen LogP contribution in [0.15, 0.2) is 65.0 Å². The van der Waals surface area contributed by atoms with Crippen molar-refractivity contribution in [3.05, 3.63) is 69.8 Å². The largest absolute Gasteiger partial charge is 0.480 e. The molecule has 4 aromatic heterocycles. The monoisotopic (exact) mass is 714 g/mol. The summed E-state index contributed by atoms with van der Waals surface area (Å²) in [7, 11) is 4.16. The maximum absolute atomic E-state index is 10.1. The van der Waals surface area contributed by atoms with Crippen molar-refractivity contribution in [1.29, 1.82) is 15.8 Å². The van der Waals surface area contributed by atoms with Gasteiger partial charge >= 0.3 is 0 Å². The van der Waals surface area contributed by atoms with Gasteiger partial charge in [-0.25, -0.2) is 0 Å². The van der Waals surface area contributed by atoms with Crippen LogP contribution < -0.4 is 4.90 Å². The Balaban J connectivity index is 1.51. The van der Waals surface area contributed by atoms with E-state index in [-0.39, 0.29) is 16.9 Å². The van der Waals surface area contributed by atoms with Gasteiger partial charge in [-0.1, -0.05) is 70.6 Å². The van der Waals surface area contributed by atoms with Gasteiger partial charge in [-0.2, -0.15) is 15.8 Å². The average Bonchev–Trinajstić information content (AvgIpc) is 3.90. The molecule has 6 rings (SSSR count). The molecule has 0 bridgehead atoms. The summed E-state index contributed by atoms with van der Waals surface area (Å²) in [5.74, 6) is 0.0673. The number of allylic oxidation sites excluding steroid dienone is 2. The minimum atomic E-state index is -0.851. The molecule has 5 aromatic rings. The average molecular weight is 715 g/mol. The summed E-state index contributed by atoms with van der Waals surface area (Å²) in [6.07, 6.45) is 13.5. The van der Waals surface area contributed by atoms with Gasteiger partial charge in [0.2, 0.25) is 0 Å². The minimum absolute atomic E-state index is 0.0673. The van der Waals surface area contributed by atoms with Gasteiger partial charge in [0.15, 0.2) is 11.3 Å². The van der Waals surface area contributed by atoms with Crippen LogP contribution in [0.4, 0.5) is 5.69 Å². The molecule has 51 heavy (non-hydrogen) atoms. The topological polar surface area (TPSA) is 93.7 Å². The van der Waals surface area contributed by atoms with Gasteiger partial charge in [0.25, 0.3) is 0 Å². The number of unbranched alkanes of at least 4 members (excludes halogenated alkanes) is 6. The third kappa shape index (κ3) is 6.84. The summed E-state index contributed by atoms with van der Waals surface area (Å²) < 4.78 is 13.8. The second-order valence-corrected chi connectivity index (χ2v) is 16.2. The van der Waals surface area contributed by atoms with E-state index in [1.807, 2.05) is 43.4 Å². The third-order valence-electron chi connectivity index (χ3n) is 9.84. The Morgan fingerprint density at radius 3 is 1.94 bits per heavy atom. The van der Waals surface area contributed by atoms with Gasteiger partial charge in [0, 0.05) is 48.2 Å². The van der Waals surface area contributed by atoms with Crippen molar-refractivity contribution in [3.8, 4) is 28.6 Å². The molecule has 1 aliphatic heterocycles. The highest BCUT2D eigenvalue weighted by molar-refractivity contribution is 7.24. The molecule has 0 amide bonds. The number of anilines is 1. The number of aromatic nitrogens is 2. The van der Waals surface area contributed by atoms with E-state index in [0.717, 1.165) is 30.8 Å². The van der Waals surface area contributed by atoms with Gasteiger partial charge in [0.1, 0.15) is 29.4 Å². The van der Waals surface area contributed by atoms with Crippen molar-refractivity contribution in [2.24, 2.45) is 0 Å². The van der Waals surface area contributed by atoms with Crippen LogP contribution in [0.25, 0.3) is 48.0 Å². The van der Waals surface area contributed by atoms with Crippen molar-refractivity contribution < 1.29 is 4.74 Å². The normalized spacial score (nSPS) is 14.1. The van der Waals surface area contributed by atoms with Crippen molar-refractivity contribution in [1.82, 2.24) is 9.13 Å². The van der Waals surface area contributed by atoms with Crippen molar-refractivity contribution in [2.45, 2.75) is 97.8 Å². The maximum atomic E-state index is 10.1. The number of benzene rings is 1. The predicted molar refractivity (Wildman–Crippen MR) is 214 cm³/mol. The Hall–Kier alpha value is -4.75. The molecule has 0 unspecified atom stereocenters. The molecule has 1 aliphatic rings. The zero-order valence-corrected chi connectivity index (χ0v) is 32.2. The highest BCUT2D eigenvalue weighted by Crippen LogP contribution is 2.47. The summed E-state index contributed by atoms with van der Waals surface area (Å²) in [4.78, 5) is 4.53. The molecule has 0 radical (unpaired) electrons. The summed E-state index contributed by atoms with van der Waals surface area (Å²) >= 11 is 3.70. The van der Waals surface area contributed by atoms with Crippen LogP contribution in [-0.4, -0.2) is 28.8 Å². The summed E-state index contributed by atoms with van der Waals surface area (Å²) in [5, 5.41) is 29.1. The lowest BCUT2D eigenvalue weighted by Crippen LogP contribution is -2.20. The van der Waals surface area contributed by atoms with Crippen molar-refractivity contribution in [3.63, 3.8) is 0 Å². The van der Waals surface area contributed by atoms with Crippen LogP contribution in [0.3, 0.4) is 0 Å². The van der Waals surface area contributed by atoms with Crippen LogP contribution in [0, 0.1) is 34.0 Å². The standard InChI is InChI=1S/C42H46N6OS2/c1-7-9-11-13-21-47-34-23-31(19-20-33-32(27-45)39(29(25-43)26-44)49-42(33,3)4)50-40(34)37-38(47)41-35(48(37)22-14-12-10-8-2)24-36(51-41)28-15-17-30(18-16-28)46(5)6/h15-20,23-24H,7-14,21-22H2,1-6H3/b20-19+. The summed E-state index contributed by atoms with van der Waals surface area (Å²) in [6.45, 7) is 10.2. The van der Waals surface area contributed by atoms with Gasteiger partial charge in [-0.15, -0.1) is 22.7 Å². The molecule has 7 nitrogen and oxygen atoms in total. The molecule has 0 saturated carbocycles. The van der Waals surface area contributed by atoms with Crippen LogP contribution in [0.2, 0.25) is 0 Å². The van der Waals surface area contributed by atoms with Crippen molar-refractivity contribution in [2.75, 3.05) is 19.0 Å². The zero-order chi connectivity index (χ0) is 36.3. The van der Waals surface area contributed by atoms with E-state index in [1.165, 1.54) is 86.1 Å². The highest BCUT2D eigenvalue weighted by Gasteiger charge is 2.38. The number of fused-ring (bicyclic) bond motifs is 5. The Morgan fingerprint density at radius 2 is 1.39 bits per heavy atom. The van der Waals surface area contributed by atoms with E-state index in [9.17, 15) is 15.8 Å². The smallest absolute Gasteiger partial charge is 0.172 e. The molecule has 9 heteroatoms. The fourth-order valence-electron chi connectivity index (χ4n) is 7.13. The molecule has 0 saturated heterocycles. The van der Waals surface area contributed by atoms with Gasteiger partial charge in [-0.3, -0.25) is 0 Å². The molecule has 0 spiro atoms. The first-order valence-electron chi connectivity index (χ1n) is 18.1. The lowest BCUT2D eigenvalue weighted by molar-refractivity contribution is 0.0954. The van der Waals surface area contributed by atoms with E-state index in [1.54, 1.807) is 11.3 Å². The first-order chi connectivity index (χ1) is 24.7. The molecule has 0 fully saturated rings. The number of rotatable bonds is 14. The fraction of sp³-hybridized carbons (Fsp3) is 0.405. The summed E-state index contributed by atoms with van der Waals surface area (Å²) in [6, 6.07) is 19.6. The molecule has 0 aliphatic carbocycles. The number of aryl methyl sites for hydroxylation is 2. The second-order valence-electron chi connectivity index (χ2n) is 14.0. The molecular weight excluding hydrogens is 669 g/mol. The number of thiophene rings is 2. The highest BCUT2D eigenvalue weighted by atomic mass is 32.1. The number of hydrogen-bond acceptors (Lipinski definition) is 7. The minimum Gasteiger partial charge on any atom is -0.480 e. The van der Waals surface area contributed by atoms with Crippen molar-refractivity contribution >= 4 is 65.9 Å². The Kier molecular flexibility index (Phi) is 10.8. The van der Waals surface area contributed by atoms with Crippen LogP contribution in [0.1, 0.15) is 83.9 Å². The quantitative estimate of drug-likeness (QED) is 0.0843. The number of hydrogen-bond donors (Lipinski definition) is 0. The maximum Gasteiger partial charge on any atom is 0.172 e. The molecular formula is C42H46N6OS2. The van der Waals surface area contributed by atoms with Crippen LogP contribution >= 0.6 is 22.7 Å². The number of ether oxygens (including phenoxy) is 1.